The molecule has 0 bridgehead atoms. The molecule has 18 heavy (non-hydrogen) atoms. The molecule has 0 aromatic heterocycles. The molecule has 1 aliphatic rings. The van der Waals surface area contributed by atoms with E-state index in [0.29, 0.717) is 12.5 Å². The summed E-state index contributed by atoms with van der Waals surface area (Å²) in [6, 6.07) is 7.88. The van der Waals surface area contributed by atoms with Crippen LogP contribution >= 0.6 is 0 Å². The van der Waals surface area contributed by atoms with Crippen molar-refractivity contribution >= 4 is 5.97 Å². The van der Waals surface area contributed by atoms with Crippen LogP contribution in [0.15, 0.2) is 35.9 Å². The van der Waals surface area contributed by atoms with Crippen molar-refractivity contribution < 1.29 is 14.6 Å². The lowest BCUT2D eigenvalue weighted by Gasteiger charge is -2.07. The minimum absolute atomic E-state index is 0.479. The number of carbonyl (C=O) groups is 1. The van der Waals surface area contributed by atoms with Crippen LogP contribution in [-0.4, -0.2) is 17.7 Å². The Morgan fingerprint density at radius 2 is 2.06 bits per heavy atom. The maximum atomic E-state index is 10.8. The normalized spacial score (nSPS) is 15.5. The highest BCUT2D eigenvalue weighted by atomic mass is 16.5. The van der Waals surface area contributed by atoms with Gasteiger partial charge in [0.25, 0.3) is 0 Å². The first-order chi connectivity index (χ1) is 8.69. The second-order valence-electron chi connectivity index (χ2n) is 4.59. The standard InChI is InChI=1S/C15H18O3/c1-2-18-14-7-3-11(4-8-14)9-13(10-15(16)17)12-5-6-12/h3-4,7-8,10,12H,2,5-6,9H2,1H3,(H,16,17)/b13-10-. The number of hydrogen-bond donors (Lipinski definition) is 1. The molecule has 0 unspecified atom stereocenters. The van der Waals surface area contributed by atoms with Gasteiger partial charge in [-0.05, 0) is 49.8 Å². The fourth-order valence-corrected chi connectivity index (χ4v) is 2.03. The van der Waals surface area contributed by atoms with Crippen LogP contribution in [0.25, 0.3) is 0 Å². The summed E-state index contributed by atoms with van der Waals surface area (Å²) in [5.74, 6) is 0.493. The molecule has 1 saturated carbocycles. The van der Waals surface area contributed by atoms with Crippen LogP contribution in [0, 0.1) is 5.92 Å². The van der Waals surface area contributed by atoms with E-state index in [-0.39, 0.29) is 0 Å². The topological polar surface area (TPSA) is 46.5 Å². The summed E-state index contributed by atoms with van der Waals surface area (Å²) in [4.78, 5) is 10.8. The molecule has 0 saturated heterocycles. The third kappa shape index (κ3) is 3.62. The molecule has 1 N–H and O–H groups in total. The molecular formula is C15H18O3. The number of hydrogen-bond acceptors (Lipinski definition) is 2. The van der Waals surface area contributed by atoms with Crippen molar-refractivity contribution in [3.8, 4) is 5.75 Å². The summed E-state index contributed by atoms with van der Waals surface area (Å²) in [5.41, 5.74) is 2.17. The Balaban J connectivity index is 2.04. The zero-order valence-corrected chi connectivity index (χ0v) is 10.6. The number of allylic oxidation sites excluding steroid dienone is 1. The first-order valence-electron chi connectivity index (χ1n) is 6.34. The van der Waals surface area contributed by atoms with Crippen molar-refractivity contribution in [2.75, 3.05) is 6.61 Å². The molecule has 2 rings (SSSR count). The van der Waals surface area contributed by atoms with E-state index in [0.717, 1.165) is 36.1 Å². The second-order valence-corrected chi connectivity index (χ2v) is 4.59. The van der Waals surface area contributed by atoms with E-state index < -0.39 is 5.97 Å². The molecule has 96 valence electrons. The van der Waals surface area contributed by atoms with Crippen molar-refractivity contribution in [3.05, 3.63) is 41.5 Å². The van der Waals surface area contributed by atoms with Crippen molar-refractivity contribution in [2.45, 2.75) is 26.2 Å². The minimum Gasteiger partial charge on any atom is -0.494 e. The van der Waals surface area contributed by atoms with E-state index in [4.69, 9.17) is 9.84 Å². The average Bonchev–Trinajstić information content (AvgIpc) is 3.14. The zero-order valence-electron chi connectivity index (χ0n) is 10.6. The molecule has 1 fully saturated rings. The van der Waals surface area contributed by atoms with E-state index in [2.05, 4.69) is 0 Å². The van der Waals surface area contributed by atoms with Crippen LogP contribution in [0.4, 0.5) is 0 Å². The van der Waals surface area contributed by atoms with Gasteiger partial charge in [0.05, 0.1) is 6.61 Å². The molecule has 3 nitrogen and oxygen atoms in total. The van der Waals surface area contributed by atoms with Gasteiger partial charge in [-0.15, -0.1) is 0 Å². The smallest absolute Gasteiger partial charge is 0.328 e. The van der Waals surface area contributed by atoms with Crippen LogP contribution in [0.1, 0.15) is 25.3 Å². The third-order valence-corrected chi connectivity index (χ3v) is 3.05. The van der Waals surface area contributed by atoms with Gasteiger partial charge in [-0.2, -0.15) is 0 Å². The van der Waals surface area contributed by atoms with E-state index in [9.17, 15) is 4.79 Å². The number of aliphatic carboxylic acids is 1. The predicted molar refractivity (Wildman–Crippen MR) is 69.8 cm³/mol. The lowest BCUT2D eigenvalue weighted by Crippen LogP contribution is -1.98. The summed E-state index contributed by atoms with van der Waals surface area (Å²) in [6.07, 6.45) is 4.34. The lowest BCUT2D eigenvalue weighted by molar-refractivity contribution is -0.131. The Labute approximate surface area is 107 Å². The van der Waals surface area contributed by atoms with Crippen molar-refractivity contribution in [1.82, 2.24) is 0 Å². The van der Waals surface area contributed by atoms with Crippen LogP contribution in [0.2, 0.25) is 0 Å². The number of benzene rings is 1. The summed E-state index contributed by atoms with van der Waals surface area (Å²) < 4.78 is 5.38. The lowest BCUT2D eigenvalue weighted by atomic mass is 10.0. The third-order valence-electron chi connectivity index (χ3n) is 3.05. The highest BCUT2D eigenvalue weighted by molar-refractivity contribution is 5.81. The SMILES string of the molecule is CCOc1ccc(C/C(=C/C(=O)O)C2CC2)cc1. The van der Waals surface area contributed by atoms with Crippen molar-refractivity contribution in [3.63, 3.8) is 0 Å². The van der Waals surface area contributed by atoms with Gasteiger partial charge in [-0.3, -0.25) is 0 Å². The Morgan fingerprint density at radius 3 is 2.56 bits per heavy atom. The highest BCUT2D eigenvalue weighted by Gasteiger charge is 2.26. The van der Waals surface area contributed by atoms with E-state index in [1.807, 2.05) is 31.2 Å². The van der Waals surface area contributed by atoms with Gasteiger partial charge >= 0.3 is 5.97 Å². The fraction of sp³-hybridized carbons (Fsp3) is 0.400. The van der Waals surface area contributed by atoms with Crippen LogP contribution in [0.5, 0.6) is 5.75 Å². The van der Waals surface area contributed by atoms with Gasteiger partial charge in [0.2, 0.25) is 0 Å². The molecule has 0 aliphatic heterocycles. The number of ether oxygens (including phenoxy) is 1. The van der Waals surface area contributed by atoms with Gasteiger partial charge in [0, 0.05) is 6.08 Å². The Bertz CT molecular complexity index is 441. The van der Waals surface area contributed by atoms with Crippen molar-refractivity contribution in [2.24, 2.45) is 5.92 Å². The fourth-order valence-electron chi connectivity index (χ4n) is 2.03. The van der Waals surface area contributed by atoms with Crippen LogP contribution in [0.3, 0.4) is 0 Å². The molecular weight excluding hydrogens is 228 g/mol. The largest absolute Gasteiger partial charge is 0.494 e. The Morgan fingerprint density at radius 1 is 1.39 bits per heavy atom. The van der Waals surface area contributed by atoms with Gasteiger partial charge in [-0.25, -0.2) is 4.79 Å². The highest BCUT2D eigenvalue weighted by Crippen LogP contribution is 2.38. The molecule has 1 aromatic carbocycles. The maximum absolute atomic E-state index is 10.8. The first-order valence-corrected chi connectivity index (χ1v) is 6.34. The van der Waals surface area contributed by atoms with Crippen LogP contribution in [-0.2, 0) is 11.2 Å². The van der Waals surface area contributed by atoms with Crippen LogP contribution < -0.4 is 4.74 Å². The average molecular weight is 246 g/mol. The number of carboxylic acid groups (broad SMARTS) is 1. The molecule has 1 aromatic rings. The van der Waals surface area contributed by atoms with E-state index >= 15 is 0 Å². The Hall–Kier alpha value is -1.77. The molecule has 0 amide bonds. The monoisotopic (exact) mass is 246 g/mol. The number of carboxylic acids is 1. The zero-order chi connectivity index (χ0) is 13.0. The van der Waals surface area contributed by atoms with Gasteiger partial charge < -0.3 is 9.84 Å². The van der Waals surface area contributed by atoms with Gasteiger partial charge in [0.1, 0.15) is 5.75 Å². The quantitative estimate of drug-likeness (QED) is 0.785. The molecule has 0 spiro atoms. The predicted octanol–water partition coefficient (Wildman–Crippen LogP) is 3.05. The first kappa shape index (κ1) is 12.7. The molecule has 1 aliphatic carbocycles. The summed E-state index contributed by atoms with van der Waals surface area (Å²) in [6.45, 7) is 2.61. The molecule has 0 radical (unpaired) electrons. The summed E-state index contributed by atoms with van der Waals surface area (Å²) >= 11 is 0. The van der Waals surface area contributed by atoms with E-state index in [1.165, 1.54) is 6.08 Å². The molecule has 0 atom stereocenters. The van der Waals surface area contributed by atoms with Crippen molar-refractivity contribution in [1.29, 1.82) is 0 Å². The summed E-state index contributed by atoms with van der Waals surface area (Å²) in [5, 5.41) is 8.86. The van der Waals surface area contributed by atoms with Gasteiger partial charge in [0.15, 0.2) is 0 Å². The second kappa shape index (κ2) is 5.71. The molecule has 3 heteroatoms. The number of rotatable bonds is 6. The van der Waals surface area contributed by atoms with Gasteiger partial charge in [-0.1, -0.05) is 17.7 Å². The Kier molecular flexibility index (Phi) is 4.03. The maximum Gasteiger partial charge on any atom is 0.328 e. The molecule has 0 heterocycles. The van der Waals surface area contributed by atoms with E-state index in [1.54, 1.807) is 0 Å². The summed E-state index contributed by atoms with van der Waals surface area (Å²) in [7, 11) is 0. The minimum atomic E-state index is -0.845.